The van der Waals surface area contributed by atoms with Gasteiger partial charge in [-0.1, -0.05) is 0 Å². The number of ether oxygens (including phenoxy) is 1. The molecule has 1 aromatic carbocycles. The van der Waals surface area contributed by atoms with Gasteiger partial charge in [-0.2, -0.15) is 0 Å². The molecule has 2 aromatic rings. The summed E-state index contributed by atoms with van der Waals surface area (Å²) < 4.78 is 29.3. The van der Waals surface area contributed by atoms with Crippen LogP contribution in [0.3, 0.4) is 0 Å². The average Bonchev–Trinajstić information content (AvgIpc) is 2.67. The SMILES string of the molecule is CCNC(=S)Nc1ccc(-c2nc(CS(C)(=O)=O)cc(N3CCOC[C@@H]3C)n2)cc1. The molecule has 162 valence electrons. The van der Waals surface area contributed by atoms with Crippen molar-refractivity contribution in [2.75, 3.05) is 42.8 Å². The first-order valence-electron chi connectivity index (χ1n) is 9.80. The first-order valence-corrected chi connectivity index (χ1v) is 12.3. The van der Waals surface area contributed by atoms with Crippen molar-refractivity contribution in [1.29, 1.82) is 0 Å². The maximum absolute atomic E-state index is 11.9. The predicted octanol–water partition coefficient (Wildman–Crippen LogP) is 2.22. The fourth-order valence-corrected chi connectivity index (χ4v) is 4.16. The van der Waals surface area contributed by atoms with E-state index in [-0.39, 0.29) is 11.8 Å². The standard InChI is InChI=1S/C20H27N5O3S2/c1-4-21-20(29)23-16-7-5-15(6-8-16)19-22-17(13-30(3,26)27)11-18(24-19)25-9-10-28-12-14(25)2/h5-8,11,14H,4,9-10,12-13H2,1-3H3,(H2,21,23,29)/t14-/m0/s1. The van der Waals surface area contributed by atoms with Gasteiger partial charge in [-0.05, 0) is 50.3 Å². The fourth-order valence-electron chi connectivity index (χ4n) is 3.21. The Balaban J connectivity index is 1.93. The molecule has 2 N–H and O–H groups in total. The summed E-state index contributed by atoms with van der Waals surface area (Å²) in [5, 5.41) is 6.71. The molecule has 0 spiro atoms. The van der Waals surface area contributed by atoms with E-state index >= 15 is 0 Å². The van der Waals surface area contributed by atoms with Gasteiger partial charge in [-0.25, -0.2) is 18.4 Å². The number of hydrogen-bond donors (Lipinski definition) is 2. The molecule has 0 saturated carbocycles. The normalized spacial score (nSPS) is 16.9. The third-order valence-electron chi connectivity index (χ3n) is 4.58. The molecule has 1 aliphatic rings. The molecule has 1 saturated heterocycles. The summed E-state index contributed by atoms with van der Waals surface area (Å²) in [6.45, 7) is 6.69. The topological polar surface area (TPSA) is 96.5 Å². The average molecular weight is 450 g/mol. The molecule has 8 nitrogen and oxygen atoms in total. The van der Waals surface area contributed by atoms with Crippen molar-refractivity contribution in [1.82, 2.24) is 15.3 Å². The number of sulfone groups is 1. The first-order chi connectivity index (χ1) is 14.2. The Hall–Kier alpha value is -2.30. The van der Waals surface area contributed by atoms with E-state index < -0.39 is 9.84 Å². The Morgan fingerprint density at radius 2 is 2.03 bits per heavy atom. The molecular weight excluding hydrogens is 422 g/mol. The van der Waals surface area contributed by atoms with Crippen LogP contribution in [0.25, 0.3) is 11.4 Å². The van der Waals surface area contributed by atoms with E-state index in [9.17, 15) is 8.42 Å². The van der Waals surface area contributed by atoms with E-state index in [4.69, 9.17) is 21.9 Å². The number of hydrogen-bond acceptors (Lipinski definition) is 7. The Kier molecular flexibility index (Phi) is 7.22. The van der Waals surface area contributed by atoms with Crippen LogP contribution in [-0.2, 0) is 20.3 Å². The van der Waals surface area contributed by atoms with Crippen LogP contribution in [0.1, 0.15) is 19.5 Å². The van der Waals surface area contributed by atoms with Crippen LogP contribution in [0.4, 0.5) is 11.5 Å². The third kappa shape index (κ3) is 6.10. The van der Waals surface area contributed by atoms with Crippen molar-refractivity contribution in [3.63, 3.8) is 0 Å². The fraction of sp³-hybridized carbons (Fsp3) is 0.450. The summed E-state index contributed by atoms with van der Waals surface area (Å²) in [7, 11) is -3.23. The Labute approximate surface area is 183 Å². The van der Waals surface area contributed by atoms with Gasteiger partial charge in [0, 0.05) is 36.7 Å². The molecule has 0 unspecified atom stereocenters. The first kappa shape index (κ1) is 22.4. The molecule has 10 heteroatoms. The number of benzene rings is 1. The highest BCUT2D eigenvalue weighted by Gasteiger charge is 2.22. The highest BCUT2D eigenvalue weighted by atomic mass is 32.2. The van der Waals surface area contributed by atoms with Gasteiger partial charge in [0.15, 0.2) is 20.8 Å². The molecule has 1 aromatic heterocycles. The number of rotatable bonds is 6. The van der Waals surface area contributed by atoms with Gasteiger partial charge in [-0.3, -0.25) is 0 Å². The molecule has 2 heterocycles. The lowest BCUT2D eigenvalue weighted by Gasteiger charge is -2.34. The van der Waals surface area contributed by atoms with Crippen LogP contribution in [-0.4, -0.2) is 62.1 Å². The summed E-state index contributed by atoms with van der Waals surface area (Å²) in [5.74, 6) is 1.07. The van der Waals surface area contributed by atoms with Crippen molar-refractivity contribution in [3.05, 3.63) is 36.0 Å². The number of anilines is 2. The zero-order valence-corrected chi connectivity index (χ0v) is 19.0. The van der Waals surface area contributed by atoms with E-state index in [0.29, 0.717) is 42.2 Å². The quantitative estimate of drug-likeness (QED) is 0.644. The Bertz CT molecular complexity index is 996. The van der Waals surface area contributed by atoms with Gasteiger partial charge in [0.1, 0.15) is 5.82 Å². The predicted molar refractivity (Wildman–Crippen MR) is 124 cm³/mol. The minimum atomic E-state index is -3.23. The van der Waals surface area contributed by atoms with Crippen LogP contribution < -0.4 is 15.5 Å². The van der Waals surface area contributed by atoms with Gasteiger partial charge in [0.2, 0.25) is 0 Å². The molecule has 30 heavy (non-hydrogen) atoms. The van der Waals surface area contributed by atoms with E-state index in [2.05, 4.69) is 27.4 Å². The smallest absolute Gasteiger partial charge is 0.170 e. The molecule has 1 fully saturated rings. The summed E-state index contributed by atoms with van der Waals surface area (Å²) in [4.78, 5) is 11.4. The second-order valence-corrected chi connectivity index (χ2v) is 9.84. The molecule has 0 radical (unpaired) electrons. The van der Waals surface area contributed by atoms with Crippen molar-refractivity contribution in [2.24, 2.45) is 0 Å². The lowest BCUT2D eigenvalue weighted by atomic mass is 10.2. The second-order valence-electron chi connectivity index (χ2n) is 7.29. The summed E-state index contributed by atoms with van der Waals surface area (Å²) in [6, 6.07) is 9.47. The van der Waals surface area contributed by atoms with E-state index in [1.54, 1.807) is 6.07 Å². The van der Waals surface area contributed by atoms with Crippen LogP contribution in [0.2, 0.25) is 0 Å². The number of thiocarbonyl (C=S) groups is 1. The van der Waals surface area contributed by atoms with E-state index in [1.807, 2.05) is 31.2 Å². The highest BCUT2D eigenvalue weighted by molar-refractivity contribution is 7.89. The van der Waals surface area contributed by atoms with E-state index in [0.717, 1.165) is 17.8 Å². The minimum absolute atomic E-state index is 0.134. The number of morpholine rings is 1. The monoisotopic (exact) mass is 449 g/mol. The molecule has 0 amide bonds. The number of nitrogens with zero attached hydrogens (tertiary/aromatic N) is 3. The largest absolute Gasteiger partial charge is 0.377 e. The highest BCUT2D eigenvalue weighted by Crippen LogP contribution is 2.25. The Morgan fingerprint density at radius 1 is 1.30 bits per heavy atom. The van der Waals surface area contributed by atoms with Gasteiger partial charge in [0.25, 0.3) is 0 Å². The van der Waals surface area contributed by atoms with Gasteiger partial charge in [-0.15, -0.1) is 0 Å². The Morgan fingerprint density at radius 3 is 2.67 bits per heavy atom. The maximum Gasteiger partial charge on any atom is 0.170 e. The van der Waals surface area contributed by atoms with Gasteiger partial charge < -0.3 is 20.3 Å². The number of nitrogens with one attached hydrogen (secondary N) is 2. The van der Waals surface area contributed by atoms with Crippen LogP contribution in [0, 0.1) is 0 Å². The zero-order chi connectivity index (χ0) is 21.7. The van der Waals surface area contributed by atoms with Crippen LogP contribution in [0.5, 0.6) is 0 Å². The summed E-state index contributed by atoms with van der Waals surface area (Å²) in [5.41, 5.74) is 2.12. The van der Waals surface area contributed by atoms with E-state index in [1.165, 1.54) is 6.26 Å². The molecule has 0 aliphatic carbocycles. The number of aromatic nitrogens is 2. The molecule has 0 bridgehead atoms. The van der Waals surface area contributed by atoms with Crippen molar-refractivity contribution >= 4 is 38.7 Å². The lowest BCUT2D eigenvalue weighted by Crippen LogP contribution is -2.44. The summed E-state index contributed by atoms with van der Waals surface area (Å²) in [6.07, 6.45) is 1.21. The third-order valence-corrected chi connectivity index (χ3v) is 5.64. The van der Waals surface area contributed by atoms with Gasteiger partial charge >= 0.3 is 0 Å². The van der Waals surface area contributed by atoms with Crippen molar-refractivity contribution < 1.29 is 13.2 Å². The van der Waals surface area contributed by atoms with Crippen LogP contribution >= 0.6 is 12.2 Å². The van der Waals surface area contributed by atoms with Crippen LogP contribution in [0.15, 0.2) is 30.3 Å². The molecule has 1 atom stereocenters. The molecule has 3 rings (SSSR count). The zero-order valence-electron chi connectivity index (χ0n) is 17.4. The van der Waals surface area contributed by atoms with Crippen molar-refractivity contribution in [3.8, 4) is 11.4 Å². The molecular formula is C20H27N5O3S2. The maximum atomic E-state index is 11.9. The molecule has 1 aliphatic heterocycles. The summed E-state index contributed by atoms with van der Waals surface area (Å²) >= 11 is 5.21. The lowest BCUT2D eigenvalue weighted by molar-refractivity contribution is 0.0985. The van der Waals surface area contributed by atoms with Crippen molar-refractivity contribution in [2.45, 2.75) is 25.6 Å². The van der Waals surface area contributed by atoms with Gasteiger partial charge in [0.05, 0.1) is 30.7 Å². The second kappa shape index (κ2) is 9.67. The minimum Gasteiger partial charge on any atom is -0.377 e.